The number of rotatable bonds is 7. The minimum absolute atomic E-state index is 0.0360. The second kappa shape index (κ2) is 8.27. The predicted octanol–water partition coefficient (Wildman–Crippen LogP) is 0.569. The zero-order chi connectivity index (χ0) is 21.3. The van der Waals surface area contributed by atoms with E-state index in [1.165, 1.54) is 4.68 Å². The van der Waals surface area contributed by atoms with Gasteiger partial charge in [0.15, 0.2) is 5.65 Å². The molecule has 1 aliphatic rings. The quantitative estimate of drug-likeness (QED) is 0.613. The lowest BCUT2D eigenvalue weighted by molar-refractivity contribution is -0.129. The van der Waals surface area contributed by atoms with Crippen molar-refractivity contribution in [3.8, 4) is 0 Å². The van der Waals surface area contributed by atoms with Crippen molar-refractivity contribution in [2.45, 2.75) is 19.9 Å². The first kappa shape index (κ1) is 20.1. The maximum absolute atomic E-state index is 12.9. The SMILES string of the molecule is COCCN1CC(C(=O)NCCn2nc3c(C)cc4ccccc4n3c2=O)CC1=O. The van der Waals surface area contributed by atoms with Gasteiger partial charge in [-0.3, -0.25) is 9.59 Å². The van der Waals surface area contributed by atoms with E-state index in [4.69, 9.17) is 4.74 Å². The number of nitrogens with zero attached hydrogens (tertiary/aromatic N) is 4. The molecule has 2 amide bonds. The Balaban J connectivity index is 1.43. The van der Waals surface area contributed by atoms with Gasteiger partial charge in [0, 0.05) is 33.2 Å². The van der Waals surface area contributed by atoms with E-state index in [0.717, 1.165) is 16.5 Å². The number of methoxy groups -OCH3 is 1. The second-order valence-corrected chi connectivity index (χ2v) is 7.58. The molecule has 0 saturated carbocycles. The van der Waals surface area contributed by atoms with Crippen LogP contribution >= 0.6 is 0 Å². The van der Waals surface area contributed by atoms with Crippen molar-refractivity contribution >= 4 is 28.4 Å². The Morgan fingerprint density at radius 2 is 2.07 bits per heavy atom. The van der Waals surface area contributed by atoms with Crippen molar-refractivity contribution in [3.63, 3.8) is 0 Å². The maximum atomic E-state index is 12.9. The fraction of sp³-hybridized carbons (Fsp3) is 0.429. The fourth-order valence-corrected chi connectivity index (χ4v) is 3.93. The van der Waals surface area contributed by atoms with Crippen molar-refractivity contribution < 1.29 is 14.3 Å². The number of likely N-dealkylation sites (tertiary alicyclic amines) is 1. The first-order valence-corrected chi connectivity index (χ1v) is 10.0. The molecule has 0 aliphatic carbocycles. The number of aromatic nitrogens is 3. The lowest BCUT2D eigenvalue weighted by atomic mass is 10.1. The van der Waals surface area contributed by atoms with Crippen LogP contribution in [0.15, 0.2) is 35.1 Å². The summed E-state index contributed by atoms with van der Waals surface area (Å²) in [6.07, 6.45) is 0.203. The Bertz CT molecular complexity index is 1170. The first-order chi connectivity index (χ1) is 14.5. The van der Waals surface area contributed by atoms with Crippen LogP contribution < -0.4 is 11.0 Å². The van der Waals surface area contributed by atoms with Crippen LogP contribution in [-0.4, -0.2) is 64.2 Å². The summed E-state index contributed by atoms with van der Waals surface area (Å²) in [7, 11) is 1.58. The van der Waals surface area contributed by atoms with Crippen LogP contribution in [0, 0.1) is 12.8 Å². The van der Waals surface area contributed by atoms with Gasteiger partial charge >= 0.3 is 5.69 Å². The Kier molecular flexibility index (Phi) is 5.54. The molecule has 9 nitrogen and oxygen atoms in total. The smallest absolute Gasteiger partial charge is 0.350 e. The number of carbonyl (C=O) groups excluding carboxylic acids is 2. The molecule has 0 spiro atoms. The molecule has 1 fully saturated rings. The highest BCUT2D eigenvalue weighted by Crippen LogP contribution is 2.18. The topological polar surface area (TPSA) is 97.9 Å². The molecule has 1 unspecified atom stereocenters. The highest BCUT2D eigenvalue weighted by molar-refractivity contribution is 5.89. The summed E-state index contributed by atoms with van der Waals surface area (Å²) in [4.78, 5) is 39.0. The highest BCUT2D eigenvalue weighted by Gasteiger charge is 2.33. The van der Waals surface area contributed by atoms with Gasteiger partial charge in [-0.25, -0.2) is 13.9 Å². The number of pyridine rings is 1. The summed E-state index contributed by atoms with van der Waals surface area (Å²) in [6, 6.07) is 9.69. The van der Waals surface area contributed by atoms with E-state index >= 15 is 0 Å². The number of aryl methyl sites for hydroxylation is 1. The van der Waals surface area contributed by atoms with Crippen LogP contribution in [0.4, 0.5) is 0 Å². The Hall–Kier alpha value is -3.20. The van der Waals surface area contributed by atoms with Crippen molar-refractivity contribution in [3.05, 3.63) is 46.4 Å². The molecule has 2 aromatic heterocycles. The lowest BCUT2D eigenvalue weighted by Crippen LogP contribution is -2.36. The molecule has 1 atom stereocenters. The minimum atomic E-state index is -0.377. The zero-order valence-corrected chi connectivity index (χ0v) is 17.1. The first-order valence-electron chi connectivity index (χ1n) is 10.0. The predicted molar refractivity (Wildman–Crippen MR) is 111 cm³/mol. The molecule has 3 heterocycles. The average Bonchev–Trinajstić information content (AvgIpc) is 3.27. The van der Waals surface area contributed by atoms with Gasteiger partial charge in [-0.15, -0.1) is 5.10 Å². The molecular weight excluding hydrogens is 386 g/mol. The summed E-state index contributed by atoms with van der Waals surface area (Å²) < 4.78 is 7.98. The Morgan fingerprint density at radius 3 is 2.87 bits per heavy atom. The van der Waals surface area contributed by atoms with E-state index in [2.05, 4.69) is 10.4 Å². The average molecular weight is 411 g/mol. The largest absolute Gasteiger partial charge is 0.383 e. The summed E-state index contributed by atoms with van der Waals surface area (Å²) in [5.41, 5.74) is 2.09. The molecule has 158 valence electrons. The normalized spacial score (nSPS) is 16.7. The number of para-hydroxylation sites is 1. The van der Waals surface area contributed by atoms with E-state index in [1.807, 2.05) is 37.3 Å². The van der Waals surface area contributed by atoms with Crippen molar-refractivity contribution in [1.29, 1.82) is 0 Å². The third-order valence-corrected chi connectivity index (χ3v) is 5.52. The summed E-state index contributed by atoms with van der Waals surface area (Å²) in [5.74, 6) is -0.592. The van der Waals surface area contributed by atoms with Crippen LogP contribution in [0.3, 0.4) is 0 Å². The fourth-order valence-electron chi connectivity index (χ4n) is 3.93. The van der Waals surface area contributed by atoms with Crippen LogP contribution in [0.2, 0.25) is 0 Å². The molecule has 1 N–H and O–H groups in total. The third kappa shape index (κ3) is 3.68. The summed E-state index contributed by atoms with van der Waals surface area (Å²) in [5, 5.41) is 8.26. The molecule has 0 bridgehead atoms. The monoisotopic (exact) mass is 411 g/mol. The van der Waals surface area contributed by atoms with Gasteiger partial charge in [-0.1, -0.05) is 18.2 Å². The lowest BCUT2D eigenvalue weighted by Gasteiger charge is -2.15. The van der Waals surface area contributed by atoms with E-state index in [9.17, 15) is 14.4 Å². The molecule has 3 aromatic rings. The van der Waals surface area contributed by atoms with Gasteiger partial charge in [0.2, 0.25) is 11.8 Å². The van der Waals surface area contributed by atoms with Gasteiger partial charge in [-0.2, -0.15) is 0 Å². The number of ether oxygens (including phenoxy) is 1. The standard InChI is InChI=1S/C21H25N5O4/c1-14-11-15-5-3-4-6-17(15)26-19(14)23-25(21(26)29)8-7-22-20(28)16-12-18(27)24(13-16)9-10-30-2/h3-6,11,16H,7-10,12-13H2,1-2H3,(H,22,28). The number of hydrogen-bond acceptors (Lipinski definition) is 5. The maximum Gasteiger partial charge on any atom is 0.350 e. The number of hydrogen-bond donors (Lipinski definition) is 1. The molecule has 4 rings (SSSR count). The van der Waals surface area contributed by atoms with Gasteiger partial charge in [0.1, 0.15) is 0 Å². The number of fused-ring (bicyclic) bond motifs is 3. The molecule has 0 radical (unpaired) electrons. The van der Waals surface area contributed by atoms with E-state index in [1.54, 1.807) is 16.4 Å². The van der Waals surface area contributed by atoms with E-state index < -0.39 is 0 Å². The molecule has 1 aliphatic heterocycles. The van der Waals surface area contributed by atoms with Crippen LogP contribution in [-0.2, 0) is 20.9 Å². The molecule has 9 heteroatoms. The number of amides is 2. The van der Waals surface area contributed by atoms with Crippen molar-refractivity contribution in [2.24, 2.45) is 5.92 Å². The van der Waals surface area contributed by atoms with Crippen LogP contribution in [0.1, 0.15) is 12.0 Å². The number of carbonyl (C=O) groups is 2. The van der Waals surface area contributed by atoms with Crippen LogP contribution in [0.5, 0.6) is 0 Å². The minimum Gasteiger partial charge on any atom is -0.383 e. The molecule has 1 aromatic carbocycles. The molecular formula is C21H25N5O4. The summed E-state index contributed by atoms with van der Waals surface area (Å²) in [6.45, 7) is 3.78. The van der Waals surface area contributed by atoms with E-state index in [0.29, 0.717) is 25.3 Å². The van der Waals surface area contributed by atoms with Crippen LogP contribution in [0.25, 0.3) is 16.6 Å². The van der Waals surface area contributed by atoms with Gasteiger partial charge < -0.3 is 15.0 Å². The summed E-state index contributed by atoms with van der Waals surface area (Å²) >= 11 is 0. The Morgan fingerprint density at radius 1 is 1.27 bits per heavy atom. The van der Waals surface area contributed by atoms with Crippen molar-refractivity contribution in [1.82, 2.24) is 24.4 Å². The molecule has 1 saturated heterocycles. The van der Waals surface area contributed by atoms with Gasteiger partial charge in [0.05, 0.1) is 24.6 Å². The van der Waals surface area contributed by atoms with Gasteiger partial charge in [0.25, 0.3) is 0 Å². The van der Waals surface area contributed by atoms with Gasteiger partial charge in [-0.05, 0) is 30.0 Å². The number of benzene rings is 1. The molecule has 30 heavy (non-hydrogen) atoms. The Labute approximate surface area is 173 Å². The number of nitrogens with one attached hydrogen (secondary N) is 1. The third-order valence-electron chi connectivity index (χ3n) is 5.52. The van der Waals surface area contributed by atoms with E-state index in [-0.39, 0.29) is 42.9 Å². The second-order valence-electron chi connectivity index (χ2n) is 7.58. The zero-order valence-electron chi connectivity index (χ0n) is 17.1. The van der Waals surface area contributed by atoms with Crippen molar-refractivity contribution in [2.75, 3.05) is 33.4 Å². The highest BCUT2D eigenvalue weighted by atomic mass is 16.5.